The predicted octanol–water partition coefficient (Wildman–Crippen LogP) is 1.94. The molecule has 0 aromatic heterocycles. The van der Waals surface area contributed by atoms with Gasteiger partial charge in [-0.3, -0.25) is 0 Å². The average molecular weight is 417 g/mol. The quantitative estimate of drug-likeness (QED) is 0.638. The van der Waals surface area contributed by atoms with Crippen molar-refractivity contribution in [2.45, 2.75) is 19.7 Å². The largest absolute Gasteiger partial charge is 1.00 e. The molecule has 0 radical (unpaired) electrons. The van der Waals surface area contributed by atoms with Gasteiger partial charge in [0.1, 0.15) is 12.4 Å². The number of benzene rings is 3. The summed E-state index contributed by atoms with van der Waals surface area (Å²) in [7, 11) is 0. The lowest BCUT2D eigenvalue weighted by Gasteiger charge is -2.10. The van der Waals surface area contributed by atoms with Crippen molar-refractivity contribution in [1.29, 1.82) is 0 Å². The summed E-state index contributed by atoms with van der Waals surface area (Å²) in [6, 6.07) is 21.8. The van der Waals surface area contributed by atoms with Crippen LogP contribution in [0.5, 0.6) is 17.2 Å². The van der Waals surface area contributed by atoms with Gasteiger partial charge < -0.3 is 31.9 Å². The Morgan fingerprint density at radius 2 is 1.54 bits per heavy atom. The zero-order chi connectivity index (χ0) is 18.5. The first-order valence-corrected chi connectivity index (χ1v) is 9.19. The molecule has 1 aliphatic rings. The summed E-state index contributed by atoms with van der Waals surface area (Å²) in [5.74, 6) is 2.48. The summed E-state index contributed by atoms with van der Waals surface area (Å²) in [5, 5.41) is 4.18. The lowest BCUT2D eigenvalue weighted by Crippen LogP contribution is -3.00. The first kappa shape index (κ1) is 20.3. The molecule has 146 valence electrons. The summed E-state index contributed by atoms with van der Waals surface area (Å²) in [6.45, 7) is 2.33. The van der Waals surface area contributed by atoms with Crippen LogP contribution in [0.25, 0.3) is 0 Å². The maximum atomic E-state index is 5.91. The van der Waals surface area contributed by atoms with Crippen LogP contribution in [0, 0.1) is 0 Å². The van der Waals surface area contributed by atoms with Crippen molar-refractivity contribution in [2.75, 3.05) is 6.79 Å². The highest BCUT2D eigenvalue weighted by Gasteiger charge is 2.12. The fraction of sp³-hybridized carbons (Fsp3) is 0.182. The van der Waals surface area contributed by atoms with Crippen molar-refractivity contribution in [3.8, 4) is 17.2 Å². The molecule has 6 heteroatoms. The topological polar surface area (TPSA) is 39.7 Å². The first-order valence-electron chi connectivity index (χ1n) is 8.82. The molecular weight excluding hydrogens is 397 g/mol. The zero-order valence-corrected chi connectivity index (χ0v) is 16.7. The molecule has 3 aromatic carbocycles. The second-order valence-electron chi connectivity index (χ2n) is 6.35. The third-order valence-corrected chi connectivity index (χ3v) is 4.56. The third kappa shape index (κ3) is 5.32. The standard InChI is InChI=1S/C22H20ClNO3.ClH/c23-19-7-4-16(5-8-19)14-25-20-3-1-2-17(10-20)12-24-13-18-6-9-21-22(11-18)27-15-26-21;/h1-11,24H,12-15H2;1H/p-1. The van der Waals surface area contributed by atoms with Gasteiger partial charge in [0.25, 0.3) is 0 Å². The van der Waals surface area contributed by atoms with Gasteiger partial charge in [0, 0.05) is 18.1 Å². The van der Waals surface area contributed by atoms with E-state index >= 15 is 0 Å². The van der Waals surface area contributed by atoms with E-state index in [4.69, 9.17) is 25.8 Å². The molecule has 0 amide bonds. The van der Waals surface area contributed by atoms with Gasteiger partial charge in [-0.05, 0) is 53.1 Å². The molecule has 0 spiro atoms. The van der Waals surface area contributed by atoms with Crippen molar-refractivity contribution in [1.82, 2.24) is 5.32 Å². The van der Waals surface area contributed by atoms with E-state index in [2.05, 4.69) is 17.4 Å². The fourth-order valence-corrected chi connectivity index (χ4v) is 3.02. The van der Waals surface area contributed by atoms with Crippen LogP contribution in [-0.4, -0.2) is 6.79 Å². The van der Waals surface area contributed by atoms with Crippen LogP contribution >= 0.6 is 11.6 Å². The second kappa shape index (κ2) is 9.69. The molecule has 1 heterocycles. The minimum Gasteiger partial charge on any atom is -1.00 e. The van der Waals surface area contributed by atoms with Crippen LogP contribution in [0.4, 0.5) is 0 Å². The highest BCUT2D eigenvalue weighted by molar-refractivity contribution is 6.30. The van der Waals surface area contributed by atoms with Crippen molar-refractivity contribution in [3.05, 3.63) is 88.4 Å². The highest BCUT2D eigenvalue weighted by Crippen LogP contribution is 2.32. The average Bonchev–Trinajstić information content (AvgIpc) is 3.16. The molecule has 0 bridgehead atoms. The maximum absolute atomic E-state index is 5.91. The molecule has 4 rings (SSSR count). The Hall–Kier alpha value is -2.40. The van der Waals surface area contributed by atoms with Gasteiger partial charge in [-0.15, -0.1) is 0 Å². The van der Waals surface area contributed by atoms with E-state index in [1.807, 2.05) is 54.6 Å². The highest BCUT2D eigenvalue weighted by atomic mass is 35.5. The van der Waals surface area contributed by atoms with Crippen molar-refractivity contribution >= 4 is 11.6 Å². The number of halogens is 2. The number of nitrogens with one attached hydrogen (secondary N) is 1. The number of ether oxygens (including phenoxy) is 3. The Balaban J connectivity index is 0.00000225. The van der Waals surface area contributed by atoms with Gasteiger partial charge in [-0.1, -0.05) is 41.9 Å². The molecule has 0 unspecified atom stereocenters. The van der Waals surface area contributed by atoms with Crippen molar-refractivity contribution in [3.63, 3.8) is 0 Å². The number of hydrogen-bond donors (Lipinski definition) is 1. The van der Waals surface area contributed by atoms with Gasteiger partial charge in [0.05, 0.1) is 0 Å². The zero-order valence-electron chi connectivity index (χ0n) is 15.2. The summed E-state index contributed by atoms with van der Waals surface area (Å²) < 4.78 is 16.6. The van der Waals surface area contributed by atoms with Crippen molar-refractivity contribution in [2.24, 2.45) is 0 Å². The SMILES string of the molecule is Clc1ccc(COc2cccc(CNCc3ccc4c(c3)OCO4)c2)cc1.[Cl-]. The normalized spacial score (nSPS) is 11.8. The molecule has 4 nitrogen and oxygen atoms in total. The molecule has 1 N–H and O–H groups in total. The number of rotatable bonds is 7. The third-order valence-electron chi connectivity index (χ3n) is 4.31. The molecule has 0 fully saturated rings. The van der Waals surface area contributed by atoms with Crippen LogP contribution in [0.15, 0.2) is 66.7 Å². The Bertz CT molecular complexity index is 916. The monoisotopic (exact) mass is 416 g/mol. The van der Waals surface area contributed by atoms with E-state index in [1.54, 1.807) is 0 Å². The molecule has 0 saturated heterocycles. The number of fused-ring (bicyclic) bond motifs is 1. The van der Waals surface area contributed by atoms with E-state index < -0.39 is 0 Å². The van der Waals surface area contributed by atoms with E-state index in [0.717, 1.165) is 46.5 Å². The minimum absolute atomic E-state index is 0. The summed E-state index contributed by atoms with van der Waals surface area (Å²) in [4.78, 5) is 0. The summed E-state index contributed by atoms with van der Waals surface area (Å²) in [6.07, 6.45) is 0. The number of hydrogen-bond acceptors (Lipinski definition) is 4. The van der Waals surface area contributed by atoms with Gasteiger partial charge in [-0.25, -0.2) is 0 Å². The molecule has 0 aliphatic carbocycles. The Labute approximate surface area is 175 Å². The molecule has 28 heavy (non-hydrogen) atoms. The van der Waals surface area contributed by atoms with Crippen LogP contribution in [0.3, 0.4) is 0 Å². The van der Waals surface area contributed by atoms with Crippen LogP contribution < -0.4 is 31.9 Å². The van der Waals surface area contributed by atoms with Crippen LogP contribution in [-0.2, 0) is 19.7 Å². The maximum Gasteiger partial charge on any atom is 0.231 e. The van der Waals surface area contributed by atoms with Gasteiger partial charge >= 0.3 is 0 Å². The Morgan fingerprint density at radius 3 is 2.36 bits per heavy atom. The predicted molar refractivity (Wildman–Crippen MR) is 105 cm³/mol. The molecule has 0 saturated carbocycles. The van der Waals surface area contributed by atoms with Gasteiger partial charge in [-0.2, -0.15) is 0 Å². The van der Waals surface area contributed by atoms with Gasteiger partial charge in [0.15, 0.2) is 11.5 Å². The molecule has 1 aliphatic heterocycles. The summed E-state index contributed by atoms with van der Waals surface area (Å²) in [5.41, 5.74) is 3.42. The van der Waals surface area contributed by atoms with Crippen molar-refractivity contribution < 1.29 is 26.6 Å². The molecule has 3 aromatic rings. The fourth-order valence-electron chi connectivity index (χ4n) is 2.89. The van der Waals surface area contributed by atoms with E-state index in [0.29, 0.717) is 13.4 Å². The van der Waals surface area contributed by atoms with E-state index in [-0.39, 0.29) is 12.4 Å². The molecular formula is C22H20Cl2NO3-. The Morgan fingerprint density at radius 1 is 0.821 bits per heavy atom. The van der Waals surface area contributed by atoms with E-state index in [1.165, 1.54) is 5.56 Å². The lowest BCUT2D eigenvalue weighted by atomic mass is 10.2. The van der Waals surface area contributed by atoms with Gasteiger partial charge in [0.2, 0.25) is 6.79 Å². The minimum atomic E-state index is 0. The lowest BCUT2D eigenvalue weighted by molar-refractivity contribution is -0.00000725. The first-order chi connectivity index (χ1) is 13.3. The Kier molecular flexibility index (Phi) is 7.04. The summed E-state index contributed by atoms with van der Waals surface area (Å²) >= 11 is 5.91. The molecule has 0 atom stereocenters. The van der Waals surface area contributed by atoms with E-state index in [9.17, 15) is 0 Å². The van der Waals surface area contributed by atoms with Crippen LogP contribution in [0.1, 0.15) is 16.7 Å². The van der Waals surface area contributed by atoms with Crippen LogP contribution in [0.2, 0.25) is 5.02 Å². The smallest absolute Gasteiger partial charge is 0.231 e. The second-order valence-corrected chi connectivity index (χ2v) is 6.79.